The van der Waals surface area contributed by atoms with Crippen LogP contribution in [0.4, 0.5) is 0 Å². The Morgan fingerprint density at radius 2 is 2.19 bits per heavy atom. The Morgan fingerprint density at radius 3 is 2.88 bits per heavy atom. The zero-order chi connectivity index (χ0) is 11.6. The number of carbonyl (C=O) groups is 1. The van der Waals surface area contributed by atoms with Gasteiger partial charge >= 0.3 is 5.97 Å². The van der Waals surface area contributed by atoms with E-state index >= 15 is 0 Å². The highest BCUT2D eigenvalue weighted by molar-refractivity contribution is 5.76. The van der Waals surface area contributed by atoms with Gasteiger partial charge in [0, 0.05) is 0 Å². The molecule has 0 aliphatic carbocycles. The van der Waals surface area contributed by atoms with Crippen LogP contribution < -0.4 is 5.32 Å². The molecule has 16 heavy (non-hydrogen) atoms. The van der Waals surface area contributed by atoms with Crippen LogP contribution in [0.5, 0.6) is 0 Å². The van der Waals surface area contributed by atoms with Crippen molar-refractivity contribution in [1.29, 1.82) is 0 Å². The van der Waals surface area contributed by atoms with Gasteiger partial charge in [-0.1, -0.05) is 38.7 Å². The standard InChI is InChI=1S/C13H23NO2/c1-2-3-4-5-8-11-16-13(15)12-9-6-7-10-14-12/h7,10,12,14H,2-6,8-9,11H2,1H3. The summed E-state index contributed by atoms with van der Waals surface area (Å²) in [4.78, 5) is 11.6. The van der Waals surface area contributed by atoms with Crippen LogP contribution in [0, 0.1) is 0 Å². The van der Waals surface area contributed by atoms with Gasteiger partial charge in [0.1, 0.15) is 6.04 Å². The minimum absolute atomic E-state index is 0.0974. The number of allylic oxidation sites excluding steroid dienone is 1. The SMILES string of the molecule is CCCCCCCOC(=O)C1CCC=CN1. The van der Waals surface area contributed by atoms with Gasteiger partial charge in [-0.3, -0.25) is 0 Å². The topological polar surface area (TPSA) is 38.3 Å². The van der Waals surface area contributed by atoms with Gasteiger partial charge in [-0.15, -0.1) is 0 Å². The van der Waals surface area contributed by atoms with Gasteiger partial charge in [-0.25, -0.2) is 4.79 Å². The van der Waals surface area contributed by atoms with Crippen LogP contribution in [0.3, 0.4) is 0 Å². The molecule has 1 unspecified atom stereocenters. The van der Waals surface area contributed by atoms with E-state index in [9.17, 15) is 4.79 Å². The normalized spacial score (nSPS) is 19.2. The molecule has 0 saturated heterocycles. The van der Waals surface area contributed by atoms with Crippen molar-refractivity contribution in [3.05, 3.63) is 12.3 Å². The number of rotatable bonds is 7. The van der Waals surface area contributed by atoms with Gasteiger partial charge in [0.15, 0.2) is 0 Å². The van der Waals surface area contributed by atoms with E-state index < -0.39 is 0 Å². The number of carbonyl (C=O) groups excluding carboxylic acids is 1. The number of ether oxygens (including phenoxy) is 1. The first-order valence-electron chi connectivity index (χ1n) is 6.42. The van der Waals surface area contributed by atoms with Crippen molar-refractivity contribution >= 4 is 5.97 Å². The van der Waals surface area contributed by atoms with Crippen molar-refractivity contribution in [1.82, 2.24) is 5.32 Å². The van der Waals surface area contributed by atoms with Crippen LogP contribution in [0.1, 0.15) is 51.9 Å². The molecule has 0 amide bonds. The summed E-state index contributed by atoms with van der Waals surface area (Å²) in [7, 11) is 0. The summed E-state index contributed by atoms with van der Waals surface area (Å²) < 4.78 is 5.23. The Balaban J connectivity index is 1.99. The number of hydrogen-bond donors (Lipinski definition) is 1. The first-order valence-corrected chi connectivity index (χ1v) is 6.42. The van der Waals surface area contributed by atoms with E-state index in [1.54, 1.807) is 0 Å². The second-order valence-electron chi connectivity index (χ2n) is 4.28. The molecule has 1 aliphatic rings. The molecule has 1 N–H and O–H groups in total. The van der Waals surface area contributed by atoms with Crippen molar-refractivity contribution in [2.45, 2.75) is 57.9 Å². The maximum atomic E-state index is 11.6. The van der Waals surface area contributed by atoms with Crippen LogP contribution in [-0.4, -0.2) is 18.6 Å². The maximum Gasteiger partial charge on any atom is 0.328 e. The zero-order valence-corrected chi connectivity index (χ0v) is 10.2. The van der Waals surface area contributed by atoms with Crippen molar-refractivity contribution in [2.24, 2.45) is 0 Å². The summed E-state index contributed by atoms with van der Waals surface area (Å²) >= 11 is 0. The summed E-state index contributed by atoms with van der Waals surface area (Å²) in [5.41, 5.74) is 0. The molecule has 0 radical (unpaired) electrons. The van der Waals surface area contributed by atoms with Gasteiger partial charge < -0.3 is 10.1 Å². The molecular weight excluding hydrogens is 202 g/mol. The third kappa shape index (κ3) is 5.19. The molecular formula is C13H23NO2. The second-order valence-corrected chi connectivity index (χ2v) is 4.28. The predicted octanol–water partition coefficient (Wildman–Crippen LogP) is 2.77. The zero-order valence-electron chi connectivity index (χ0n) is 10.2. The van der Waals surface area contributed by atoms with E-state index in [4.69, 9.17) is 4.74 Å². The predicted molar refractivity (Wildman–Crippen MR) is 65.0 cm³/mol. The highest BCUT2D eigenvalue weighted by Crippen LogP contribution is 2.07. The van der Waals surface area contributed by atoms with Crippen molar-refractivity contribution in [3.63, 3.8) is 0 Å². The van der Waals surface area contributed by atoms with Crippen LogP contribution in [0.2, 0.25) is 0 Å². The van der Waals surface area contributed by atoms with Crippen LogP contribution >= 0.6 is 0 Å². The van der Waals surface area contributed by atoms with E-state index in [-0.39, 0.29) is 12.0 Å². The quantitative estimate of drug-likeness (QED) is 0.535. The smallest absolute Gasteiger partial charge is 0.328 e. The summed E-state index contributed by atoms with van der Waals surface area (Å²) in [6.45, 7) is 2.77. The number of esters is 1. The minimum Gasteiger partial charge on any atom is -0.464 e. The van der Waals surface area contributed by atoms with Gasteiger partial charge in [0.2, 0.25) is 0 Å². The highest BCUT2D eigenvalue weighted by atomic mass is 16.5. The Hall–Kier alpha value is -0.990. The molecule has 1 atom stereocenters. The van der Waals surface area contributed by atoms with Crippen molar-refractivity contribution < 1.29 is 9.53 Å². The fourth-order valence-electron chi connectivity index (χ4n) is 1.78. The molecule has 92 valence electrons. The third-order valence-corrected chi connectivity index (χ3v) is 2.81. The van der Waals surface area contributed by atoms with Crippen LogP contribution in [0.15, 0.2) is 12.3 Å². The molecule has 1 heterocycles. The summed E-state index contributed by atoms with van der Waals surface area (Å²) in [5, 5.41) is 3.02. The molecule has 0 aromatic carbocycles. The molecule has 1 rings (SSSR count). The first kappa shape index (κ1) is 13.1. The average molecular weight is 225 g/mol. The molecule has 3 nitrogen and oxygen atoms in total. The molecule has 0 aromatic heterocycles. The van der Waals surface area contributed by atoms with Gasteiger partial charge in [-0.2, -0.15) is 0 Å². The molecule has 0 spiro atoms. The second kappa shape index (κ2) is 8.20. The van der Waals surface area contributed by atoms with Crippen LogP contribution in [-0.2, 0) is 9.53 Å². The van der Waals surface area contributed by atoms with E-state index in [0.717, 1.165) is 19.3 Å². The Labute approximate surface area is 98.2 Å². The van der Waals surface area contributed by atoms with E-state index in [1.165, 1.54) is 25.7 Å². The lowest BCUT2D eigenvalue weighted by Crippen LogP contribution is -2.36. The van der Waals surface area contributed by atoms with Gasteiger partial charge in [0.05, 0.1) is 6.61 Å². The Bertz CT molecular complexity index is 226. The van der Waals surface area contributed by atoms with E-state index in [2.05, 4.69) is 12.2 Å². The number of hydrogen-bond acceptors (Lipinski definition) is 3. The minimum atomic E-state index is -0.124. The average Bonchev–Trinajstić information content (AvgIpc) is 2.34. The van der Waals surface area contributed by atoms with Gasteiger partial charge in [0.25, 0.3) is 0 Å². The number of nitrogens with one attached hydrogen (secondary N) is 1. The third-order valence-electron chi connectivity index (χ3n) is 2.81. The summed E-state index contributed by atoms with van der Waals surface area (Å²) in [6.07, 6.45) is 11.6. The Morgan fingerprint density at radius 1 is 1.38 bits per heavy atom. The fraction of sp³-hybridized carbons (Fsp3) is 0.769. The molecule has 0 fully saturated rings. The fourth-order valence-corrected chi connectivity index (χ4v) is 1.78. The van der Waals surface area contributed by atoms with Crippen LogP contribution in [0.25, 0.3) is 0 Å². The maximum absolute atomic E-state index is 11.6. The lowest BCUT2D eigenvalue weighted by atomic mass is 10.1. The lowest BCUT2D eigenvalue weighted by molar-refractivity contribution is -0.146. The molecule has 3 heteroatoms. The van der Waals surface area contributed by atoms with Crippen molar-refractivity contribution in [3.8, 4) is 0 Å². The largest absolute Gasteiger partial charge is 0.464 e. The molecule has 0 saturated carbocycles. The van der Waals surface area contributed by atoms with E-state index in [1.807, 2.05) is 12.3 Å². The first-order chi connectivity index (χ1) is 7.84. The Kier molecular flexibility index (Phi) is 6.70. The molecule has 0 aromatic rings. The summed E-state index contributed by atoms with van der Waals surface area (Å²) in [6, 6.07) is -0.124. The summed E-state index contributed by atoms with van der Waals surface area (Å²) in [5.74, 6) is -0.0974. The highest BCUT2D eigenvalue weighted by Gasteiger charge is 2.19. The lowest BCUT2D eigenvalue weighted by Gasteiger charge is -2.18. The number of unbranched alkanes of at least 4 members (excludes halogenated alkanes) is 4. The van der Waals surface area contributed by atoms with Gasteiger partial charge in [-0.05, 0) is 25.5 Å². The van der Waals surface area contributed by atoms with Crippen molar-refractivity contribution in [2.75, 3.05) is 6.61 Å². The monoisotopic (exact) mass is 225 g/mol. The molecule has 1 aliphatic heterocycles. The van der Waals surface area contributed by atoms with E-state index in [0.29, 0.717) is 6.61 Å². The molecule has 0 bridgehead atoms.